The highest BCUT2D eigenvalue weighted by Gasteiger charge is 2.18. The maximum Gasteiger partial charge on any atom is 0.270 e. The first kappa shape index (κ1) is 14.3. The smallest absolute Gasteiger partial charge is 0.270 e. The normalized spacial score (nSPS) is 17.4. The molecule has 0 fully saturated rings. The van der Waals surface area contributed by atoms with E-state index in [4.69, 9.17) is 0 Å². The van der Waals surface area contributed by atoms with Gasteiger partial charge in [0.05, 0.1) is 11.0 Å². The van der Waals surface area contributed by atoms with Crippen LogP contribution in [-0.4, -0.2) is 16.2 Å². The zero-order valence-electron chi connectivity index (χ0n) is 12.0. The summed E-state index contributed by atoms with van der Waals surface area (Å²) in [4.78, 5) is 14.9. The summed E-state index contributed by atoms with van der Waals surface area (Å²) in [6.07, 6.45) is 4.61. The van der Waals surface area contributed by atoms with Gasteiger partial charge in [-0.1, -0.05) is 24.3 Å². The minimum absolute atomic E-state index is 0.00144. The van der Waals surface area contributed by atoms with Crippen LogP contribution < -0.4 is 0 Å². The van der Waals surface area contributed by atoms with Crippen LogP contribution >= 0.6 is 0 Å². The number of non-ortho nitro benzene ring substituents is 1. The lowest BCUT2D eigenvalue weighted by atomic mass is 9.88. The number of aryl methyl sites for hydroxylation is 1. The van der Waals surface area contributed by atoms with Crippen molar-refractivity contribution in [3.8, 4) is 5.75 Å². The second-order valence-electron chi connectivity index (χ2n) is 5.39. The zero-order chi connectivity index (χ0) is 15.5. The summed E-state index contributed by atoms with van der Waals surface area (Å²) in [6, 6.07) is 12.2. The molecule has 2 aromatic rings. The number of hydrogen-bond donors (Lipinski definition) is 1. The van der Waals surface area contributed by atoms with Gasteiger partial charge >= 0.3 is 0 Å². The topological polar surface area (TPSA) is 75.7 Å². The maximum absolute atomic E-state index is 10.8. The van der Waals surface area contributed by atoms with E-state index in [1.807, 2.05) is 12.1 Å². The van der Waals surface area contributed by atoms with Gasteiger partial charge in [-0.15, -0.1) is 0 Å². The fourth-order valence-corrected chi connectivity index (χ4v) is 2.81. The predicted octanol–water partition coefficient (Wildman–Crippen LogP) is 3.80. The lowest BCUT2D eigenvalue weighted by Crippen LogP contribution is -2.08. The van der Waals surface area contributed by atoms with Gasteiger partial charge in [0, 0.05) is 23.9 Å². The van der Waals surface area contributed by atoms with Crippen LogP contribution in [-0.2, 0) is 6.42 Å². The van der Waals surface area contributed by atoms with E-state index in [1.165, 1.54) is 35.5 Å². The van der Waals surface area contributed by atoms with Crippen LogP contribution in [0.4, 0.5) is 5.69 Å². The minimum Gasteiger partial charge on any atom is -0.507 e. The van der Waals surface area contributed by atoms with Crippen LogP contribution in [0.15, 0.2) is 47.5 Å². The Hall–Kier alpha value is -2.69. The molecule has 0 aromatic heterocycles. The molecule has 0 unspecified atom stereocenters. The van der Waals surface area contributed by atoms with Crippen LogP contribution in [0.1, 0.15) is 35.6 Å². The summed E-state index contributed by atoms with van der Waals surface area (Å²) in [5.74, 6) is -0.00144. The van der Waals surface area contributed by atoms with Crippen LogP contribution in [0.25, 0.3) is 0 Å². The Morgan fingerprint density at radius 1 is 1.27 bits per heavy atom. The quantitative estimate of drug-likeness (QED) is 0.532. The predicted molar refractivity (Wildman–Crippen MR) is 84.5 cm³/mol. The Labute approximate surface area is 128 Å². The fraction of sp³-hybridized carbons (Fsp3) is 0.235. The SMILES string of the molecule is O=[N+]([O-])c1ccc(O)c(C=N[C@@H]2CCCc3ccccc32)c1. The summed E-state index contributed by atoms with van der Waals surface area (Å²) >= 11 is 0. The Morgan fingerprint density at radius 3 is 2.91 bits per heavy atom. The molecule has 0 aliphatic heterocycles. The second-order valence-corrected chi connectivity index (χ2v) is 5.39. The van der Waals surface area contributed by atoms with Gasteiger partial charge in [-0.3, -0.25) is 15.1 Å². The van der Waals surface area contributed by atoms with E-state index in [0.29, 0.717) is 5.56 Å². The number of nitro benzene ring substituents is 1. The number of aromatic hydroxyl groups is 1. The van der Waals surface area contributed by atoms with Crippen molar-refractivity contribution in [2.75, 3.05) is 0 Å². The van der Waals surface area contributed by atoms with Gasteiger partial charge in [0.2, 0.25) is 0 Å². The van der Waals surface area contributed by atoms with Crippen molar-refractivity contribution in [1.29, 1.82) is 0 Å². The van der Waals surface area contributed by atoms with Crippen LogP contribution in [0.2, 0.25) is 0 Å². The lowest BCUT2D eigenvalue weighted by molar-refractivity contribution is -0.384. The molecule has 22 heavy (non-hydrogen) atoms. The van der Waals surface area contributed by atoms with Crippen molar-refractivity contribution in [3.05, 3.63) is 69.3 Å². The maximum atomic E-state index is 10.8. The summed E-state index contributed by atoms with van der Waals surface area (Å²) < 4.78 is 0. The third-order valence-corrected chi connectivity index (χ3v) is 3.95. The van der Waals surface area contributed by atoms with E-state index in [-0.39, 0.29) is 17.5 Å². The molecular weight excluding hydrogens is 280 g/mol. The Bertz CT molecular complexity index is 740. The standard InChI is InChI=1S/C17H16N2O3/c20-17-9-8-14(19(21)22)10-13(17)11-18-16-7-3-5-12-4-1-2-6-15(12)16/h1-2,4,6,8-11,16,20H,3,5,7H2/t16-/m1/s1. The minimum atomic E-state index is -0.479. The molecule has 0 bridgehead atoms. The third kappa shape index (κ3) is 2.83. The summed E-state index contributed by atoms with van der Waals surface area (Å²) in [7, 11) is 0. The monoisotopic (exact) mass is 296 g/mol. The van der Waals surface area contributed by atoms with E-state index in [9.17, 15) is 15.2 Å². The molecular formula is C17H16N2O3. The molecule has 3 rings (SSSR count). The zero-order valence-corrected chi connectivity index (χ0v) is 12.0. The van der Waals surface area contributed by atoms with Crippen molar-refractivity contribution < 1.29 is 10.0 Å². The van der Waals surface area contributed by atoms with E-state index >= 15 is 0 Å². The van der Waals surface area contributed by atoms with Crippen molar-refractivity contribution in [3.63, 3.8) is 0 Å². The first-order valence-corrected chi connectivity index (χ1v) is 7.23. The highest BCUT2D eigenvalue weighted by atomic mass is 16.6. The molecule has 2 aromatic carbocycles. The number of fused-ring (bicyclic) bond motifs is 1. The van der Waals surface area contributed by atoms with E-state index in [1.54, 1.807) is 0 Å². The average molecular weight is 296 g/mol. The number of benzene rings is 2. The number of hydrogen-bond acceptors (Lipinski definition) is 4. The van der Waals surface area contributed by atoms with Gasteiger partial charge in [-0.25, -0.2) is 0 Å². The first-order valence-electron chi connectivity index (χ1n) is 7.23. The Kier molecular flexibility index (Phi) is 3.87. The molecule has 1 aliphatic carbocycles. The van der Waals surface area contributed by atoms with Gasteiger partial charge in [0.25, 0.3) is 5.69 Å². The first-order chi connectivity index (χ1) is 10.6. The second kappa shape index (κ2) is 5.97. The molecule has 0 saturated carbocycles. The van der Waals surface area contributed by atoms with Crippen LogP contribution in [0, 0.1) is 10.1 Å². The van der Waals surface area contributed by atoms with Gasteiger partial charge in [-0.2, -0.15) is 0 Å². The molecule has 5 nitrogen and oxygen atoms in total. The highest BCUT2D eigenvalue weighted by molar-refractivity contribution is 5.84. The number of phenols is 1. The fourth-order valence-electron chi connectivity index (χ4n) is 2.81. The van der Waals surface area contributed by atoms with Gasteiger partial charge < -0.3 is 5.11 Å². The number of nitrogens with zero attached hydrogens (tertiary/aromatic N) is 2. The van der Waals surface area contributed by atoms with Crippen molar-refractivity contribution in [2.45, 2.75) is 25.3 Å². The number of phenolic OH excluding ortho intramolecular Hbond substituents is 1. The van der Waals surface area contributed by atoms with Crippen molar-refractivity contribution >= 4 is 11.9 Å². The van der Waals surface area contributed by atoms with Gasteiger partial charge in [-0.05, 0) is 36.5 Å². The van der Waals surface area contributed by atoms with E-state index in [2.05, 4.69) is 17.1 Å². The molecule has 0 spiro atoms. The van der Waals surface area contributed by atoms with Crippen molar-refractivity contribution in [2.24, 2.45) is 4.99 Å². The van der Waals surface area contributed by atoms with E-state index < -0.39 is 4.92 Å². The number of rotatable bonds is 3. The molecule has 112 valence electrons. The molecule has 1 aliphatic rings. The molecule has 0 radical (unpaired) electrons. The third-order valence-electron chi connectivity index (χ3n) is 3.95. The van der Waals surface area contributed by atoms with Gasteiger partial charge in [0.15, 0.2) is 0 Å². The van der Waals surface area contributed by atoms with Gasteiger partial charge in [0.1, 0.15) is 5.75 Å². The van der Waals surface area contributed by atoms with Crippen molar-refractivity contribution in [1.82, 2.24) is 0 Å². The van der Waals surface area contributed by atoms with Crippen LogP contribution in [0.3, 0.4) is 0 Å². The van der Waals surface area contributed by atoms with Crippen LogP contribution in [0.5, 0.6) is 5.75 Å². The number of aliphatic imine (C=N–C) groups is 1. The molecule has 0 heterocycles. The molecule has 0 saturated heterocycles. The molecule has 5 heteroatoms. The summed E-state index contributed by atoms with van der Waals surface area (Å²) in [5, 5.41) is 20.6. The lowest BCUT2D eigenvalue weighted by Gasteiger charge is -2.22. The molecule has 1 N–H and O–H groups in total. The number of nitro groups is 1. The largest absolute Gasteiger partial charge is 0.507 e. The average Bonchev–Trinajstić information content (AvgIpc) is 2.54. The molecule has 1 atom stereocenters. The Morgan fingerprint density at radius 2 is 2.09 bits per heavy atom. The summed E-state index contributed by atoms with van der Waals surface area (Å²) in [6.45, 7) is 0. The Balaban J connectivity index is 1.89. The molecule has 0 amide bonds. The highest BCUT2D eigenvalue weighted by Crippen LogP contribution is 2.32. The summed E-state index contributed by atoms with van der Waals surface area (Å²) in [5.41, 5.74) is 2.83. The van der Waals surface area contributed by atoms with E-state index in [0.717, 1.165) is 19.3 Å².